The fourth-order valence-corrected chi connectivity index (χ4v) is 2.41. The predicted octanol–water partition coefficient (Wildman–Crippen LogP) is 3.49. The molecule has 2 aromatic rings. The number of rotatable bonds is 7. The van der Waals surface area contributed by atoms with Crippen LogP contribution in [0.2, 0.25) is 0 Å². The zero-order valence-corrected chi connectivity index (χ0v) is 12.7. The van der Waals surface area contributed by atoms with E-state index < -0.39 is 18.0 Å². The Morgan fingerprint density at radius 3 is 2.43 bits per heavy atom. The molecule has 1 heterocycles. The zero-order valence-electron chi connectivity index (χ0n) is 11.9. The molecule has 0 spiro atoms. The second kappa shape index (κ2) is 7.50. The van der Waals surface area contributed by atoms with E-state index in [4.69, 9.17) is 16.3 Å². The average Bonchev–Trinajstić information content (AvgIpc) is 2.96. The van der Waals surface area contributed by atoms with E-state index in [-0.39, 0.29) is 18.5 Å². The van der Waals surface area contributed by atoms with E-state index >= 15 is 0 Å². The lowest BCUT2D eigenvalue weighted by Gasteiger charge is -2.16. The molecule has 0 fully saturated rings. The van der Waals surface area contributed by atoms with Gasteiger partial charge in [-0.2, -0.15) is 18.3 Å². The summed E-state index contributed by atoms with van der Waals surface area (Å²) < 4.78 is 43.4. The van der Waals surface area contributed by atoms with Crippen LogP contribution in [0.3, 0.4) is 0 Å². The maximum atomic E-state index is 12.8. The maximum absolute atomic E-state index is 12.8. The van der Waals surface area contributed by atoms with Crippen molar-refractivity contribution in [1.29, 1.82) is 0 Å². The van der Waals surface area contributed by atoms with Crippen LogP contribution in [-0.2, 0) is 34.4 Å². The lowest BCUT2D eigenvalue weighted by molar-refractivity contribution is -0.142. The largest absolute Gasteiger partial charge is 0.464 e. The number of carbonyl (C=O) groups excluding carboxylic acids is 1. The normalized spacial score (nSPS) is 12.9. The number of nitrogens with one attached hydrogen (secondary N) is 1. The van der Waals surface area contributed by atoms with Crippen LogP contribution in [0.25, 0.3) is 0 Å². The number of aromatic amines is 1. The number of halogens is 4. The molecule has 2 rings (SSSR count). The Balaban J connectivity index is 2.12. The summed E-state index contributed by atoms with van der Waals surface area (Å²) in [5.41, 5.74) is 0.802. The molecule has 1 aromatic carbocycles. The number of hydrogen-bond donors (Lipinski definition) is 1. The monoisotopic (exact) mass is 346 g/mol. The number of benzene rings is 1. The number of H-pyrrole nitrogens is 1. The third kappa shape index (κ3) is 4.72. The lowest BCUT2D eigenvalue weighted by Crippen LogP contribution is -2.20. The van der Waals surface area contributed by atoms with Crippen molar-refractivity contribution in [3.8, 4) is 0 Å². The third-order valence-corrected chi connectivity index (χ3v) is 3.65. The minimum Gasteiger partial charge on any atom is -0.464 e. The molecular weight excluding hydrogens is 333 g/mol. The van der Waals surface area contributed by atoms with Gasteiger partial charge in [-0.1, -0.05) is 24.3 Å². The summed E-state index contributed by atoms with van der Waals surface area (Å²) in [6.07, 6.45) is -3.93. The molecule has 0 amide bonds. The summed E-state index contributed by atoms with van der Waals surface area (Å²) in [4.78, 5) is 10.6. The molecular formula is C15H14ClF3N2O2. The van der Waals surface area contributed by atoms with Crippen LogP contribution < -0.4 is 0 Å². The Morgan fingerprint density at radius 1 is 1.22 bits per heavy atom. The second-order valence-electron chi connectivity index (χ2n) is 4.98. The Bertz CT molecular complexity index is 641. The molecule has 124 valence electrons. The third-order valence-electron chi connectivity index (χ3n) is 3.34. The first-order valence-corrected chi connectivity index (χ1v) is 7.29. The predicted molar refractivity (Wildman–Crippen MR) is 77.9 cm³/mol. The van der Waals surface area contributed by atoms with E-state index in [0.29, 0.717) is 12.3 Å². The highest BCUT2D eigenvalue weighted by atomic mass is 35.5. The van der Waals surface area contributed by atoms with E-state index in [0.717, 1.165) is 17.3 Å². The minimum atomic E-state index is -4.53. The number of alkyl halides is 4. The average molecular weight is 347 g/mol. The van der Waals surface area contributed by atoms with Gasteiger partial charge in [0, 0.05) is 24.3 Å². The van der Waals surface area contributed by atoms with Crippen molar-refractivity contribution in [3.63, 3.8) is 0 Å². The molecule has 0 aliphatic carbocycles. The summed E-state index contributed by atoms with van der Waals surface area (Å²) >= 11 is 5.70. The fraction of sp³-hybridized carbons (Fsp3) is 0.333. The molecule has 0 saturated carbocycles. The van der Waals surface area contributed by atoms with Crippen LogP contribution in [0, 0.1) is 0 Å². The molecule has 1 aromatic heterocycles. The Morgan fingerprint density at radius 2 is 1.87 bits per heavy atom. The molecule has 8 heteroatoms. The first-order valence-electron chi connectivity index (χ1n) is 6.76. The summed E-state index contributed by atoms with van der Waals surface area (Å²) in [5.74, 6) is 0.374. The van der Waals surface area contributed by atoms with Crippen molar-refractivity contribution in [3.05, 3.63) is 52.8 Å². The van der Waals surface area contributed by atoms with E-state index in [9.17, 15) is 18.0 Å². The van der Waals surface area contributed by atoms with Gasteiger partial charge in [0.2, 0.25) is 0 Å². The molecule has 0 aliphatic rings. The van der Waals surface area contributed by atoms with E-state index in [1.807, 2.05) is 17.2 Å². The highest BCUT2D eigenvalue weighted by Gasteiger charge is 2.36. The Hall–Kier alpha value is -2.02. The summed E-state index contributed by atoms with van der Waals surface area (Å²) in [6.45, 7) is 0.241. The van der Waals surface area contributed by atoms with Gasteiger partial charge in [-0.25, -0.2) is 0 Å². The quantitative estimate of drug-likeness (QED) is 0.616. The van der Waals surface area contributed by atoms with Crippen LogP contribution >= 0.6 is 11.6 Å². The summed E-state index contributed by atoms with van der Waals surface area (Å²) in [5, 5.41) is 5.37. The first kappa shape index (κ1) is 17.3. The lowest BCUT2D eigenvalue weighted by atomic mass is 10.0. The van der Waals surface area contributed by atoms with E-state index in [1.54, 1.807) is 12.1 Å². The summed E-state index contributed by atoms with van der Waals surface area (Å²) in [7, 11) is 0. The van der Waals surface area contributed by atoms with Crippen LogP contribution in [0.5, 0.6) is 0 Å². The highest BCUT2D eigenvalue weighted by molar-refractivity contribution is 6.17. The highest BCUT2D eigenvalue weighted by Crippen LogP contribution is 2.31. The molecule has 23 heavy (non-hydrogen) atoms. The number of hydrogen-bond acceptors (Lipinski definition) is 3. The topological polar surface area (TPSA) is 55.0 Å². The Kier molecular flexibility index (Phi) is 5.65. The van der Waals surface area contributed by atoms with E-state index in [1.165, 1.54) is 0 Å². The van der Waals surface area contributed by atoms with Crippen LogP contribution in [0.15, 0.2) is 30.5 Å². The van der Waals surface area contributed by atoms with Gasteiger partial charge in [-0.15, -0.1) is 11.6 Å². The molecule has 0 aliphatic heterocycles. The van der Waals surface area contributed by atoms with Gasteiger partial charge in [0.05, 0.1) is 6.20 Å². The molecule has 1 N–H and O–H groups in total. The van der Waals surface area contributed by atoms with Gasteiger partial charge in [0.25, 0.3) is 6.47 Å². The number of carbonyl (C=O) groups is 1. The zero-order chi connectivity index (χ0) is 16.9. The molecule has 0 saturated heterocycles. The van der Waals surface area contributed by atoms with Gasteiger partial charge in [0.1, 0.15) is 11.8 Å². The maximum Gasteiger partial charge on any atom is 0.433 e. The molecule has 0 radical (unpaired) electrons. The van der Waals surface area contributed by atoms with Gasteiger partial charge >= 0.3 is 6.18 Å². The van der Waals surface area contributed by atoms with Crippen molar-refractivity contribution < 1.29 is 22.7 Å². The van der Waals surface area contributed by atoms with Gasteiger partial charge in [-0.3, -0.25) is 9.89 Å². The standard InChI is InChI=1S/C15H14ClF3N2O2/c16-7-11-3-1-10(2-4-11)5-13(23-9-22)6-12-8-20-21-14(12)15(17,18)19/h1-4,8-9,13H,5-7H2,(H,20,21). The SMILES string of the molecule is O=COC(Cc1ccc(CCl)cc1)Cc1cn[nH]c1C(F)(F)F. The van der Waals surface area contributed by atoms with Crippen LogP contribution in [-0.4, -0.2) is 22.8 Å². The van der Waals surface area contributed by atoms with Crippen molar-refractivity contribution >= 4 is 18.1 Å². The summed E-state index contributed by atoms with van der Waals surface area (Å²) in [6, 6.07) is 7.25. The van der Waals surface area contributed by atoms with Gasteiger partial charge in [-0.05, 0) is 11.1 Å². The van der Waals surface area contributed by atoms with Crippen molar-refractivity contribution in [1.82, 2.24) is 10.2 Å². The van der Waals surface area contributed by atoms with Crippen molar-refractivity contribution in [2.45, 2.75) is 31.0 Å². The van der Waals surface area contributed by atoms with Crippen LogP contribution in [0.4, 0.5) is 13.2 Å². The molecule has 1 atom stereocenters. The van der Waals surface area contributed by atoms with Crippen molar-refractivity contribution in [2.75, 3.05) is 0 Å². The van der Waals surface area contributed by atoms with Crippen LogP contribution in [0.1, 0.15) is 22.4 Å². The van der Waals surface area contributed by atoms with E-state index in [2.05, 4.69) is 5.10 Å². The molecule has 4 nitrogen and oxygen atoms in total. The molecule has 1 unspecified atom stereocenters. The number of ether oxygens (including phenoxy) is 1. The molecule has 0 bridgehead atoms. The number of nitrogens with zero attached hydrogens (tertiary/aromatic N) is 1. The smallest absolute Gasteiger partial charge is 0.433 e. The number of aromatic nitrogens is 2. The van der Waals surface area contributed by atoms with Gasteiger partial charge in [0.15, 0.2) is 0 Å². The Labute approximate surface area is 135 Å². The fourth-order valence-electron chi connectivity index (χ4n) is 2.23. The first-order chi connectivity index (χ1) is 10.9. The second-order valence-corrected chi connectivity index (χ2v) is 5.25. The van der Waals surface area contributed by atoms with Crippen molar-refractivity contribution in [2.24, 2.45) is 0 Å². The van der Waals surface area contributed by atoms with Gasteiger partial charge < -0.3 is 4.74 Å². The minimum absolute atomic E-state index is 0.0401.